The van der Waals surface area contributed by atoms with Crippen molar-refractivity contribution >= 4 is 17.4 Å². The first-order chi connectivity index (χ1) is 21.5. The first-order valence-electron chi connectivity index (χ1n) is 15.5. The smallest absolute Gasteiger partial charge is 0.229 e. The molecule has 2 aromatic rings. The van der Waals surface area contributed by atoms with Crippen molar-refractivity contribution in [2.75, 3.05) is 12.3 Å². The number of anilines is 1. The number of nitrogens with zero attached hydrogens (tertiary/aromatic N) is 1. The van der Waals surface area contributed by atoms with E-state index in [1.54, 1.807) is 31.3 Å². The third-order valence-corrected chi connectivity index (χ3v) is 11.1. The molecule has 5 aliphatic rings. The van der Waals surface area contributed by atoms with E-state index < -0.39 is 65.3 Å². The molecule has 11 nitrogen and oxygen atoms in total. The van der Waals surface area contributed by atoms with Crippen LogP contribution in [0, 0.1) is 17.8 Å². The molecule has 7 rings (SSSR count). The van der Waals surface area contributed by atoms with E-state index in [4.69, 9.17) is 15.2 Å². The molecule has 8 atom stereocenters. The average molecular weight is 619 g/mol. The first-order valence-corrected chi connectivity index (χ1v) is 15.5. The Morgan fingerprint density at radius 1 is 1.11 bits per heavy atom. The number of carbonyl (C=O) groups excluding carboxylic acids is 2. The maximum Gasteiger partial charge on any atom is 0.229 e. The topological polar surface area (TPSA) is 193 Å². The van der Waals surface area contributed by atoms with Crippen LogP contribution < -0.4 is 10.5 Å². The molecular weight excluding hydrogens is 580 g/mol. The standard InChI is InChI=1S/C34H38N2O9/c1-17-13-20-25(21(38)14-17)28(40)26-19(27(20)39)5-4-6-22(26)44-30-29(41)34(43)23(7-11-33(16-37,45-30)31(34)42)32(9-2-3-10-32)18-8-12-36-24(35)15-18/h4-6,8,12-15,20,23,25,29-31,37-38,41-43H,2-3,7,9-11,16H2,1H3,(H2,35,36). The number of ketones is 2. The van der Waals surface area contributed by atoms with Crippen LogP contribution in [0.4, 0.5) is 5.82 Å². The Morgan fingerprint density at radius 3 is 2.58 bits per heavy atom. The van der Waals surface area contributed by atoms with Gasteiger partial charge in [0.2, 0.25) is 6.29 Å². The van der Waals surface area contributed by atoms with Gasteiger partial charge in [-0.05, 0) is 62.4 Å². The first kappa shape index (κ1) is 30.1. The second-order valence-electron chi connectivity index (χ2n) is 13.4. The molecule has 2 saturated carbocycles. The predicted octanol–water partition coefficient (Wildman–Crippen LogP) is 2.52. The maximum atomic E-state index is 13.8. The summed E-state index contributed by atoms with van der Waals surface area (Å²) in [4.78, 5) is 31.5. The van der Waals surface area contributed by atoms with Gasteiger partial charge in [-0.1, -0.05) is 36.6 Å². The van der Waals surface area contributed by atoms with E-state index in [1.165, 1.54) is 18.2 Å². The second kappa shape index (κ2) is 10.5. The highest BCUT2D eigenvalue weighted by atomic mass is 16.7. The number of ether oxygens (including phenoxy) is 2. The molecule has 8 unspecified atom stereocenters. The van der Waals surface area contributed by atoms with Gasteiger partial charge >= 0.3 is 0 Å². The predicted molar refractivity (Wildman–Crippen MR) is 160 cm³/mol. The summed E-state index contributed by atoms with van der Waals surface area (Å²) < 4.78 is 12.3. The van der Waals surface area contributed by atoms with Crippen molar-refractivity contribution in [3.8, 4) is 5.75 Å². The lowest BCUT2D eigenvalue weighted by atomic mass is 9.52. The van der Waals surface area contributed by atoms with E-state index in [2.05, 4.69) is 4.98 Å². The number of nitrogens with two attached hydrogens (primary N) is 1. The molecule has 0 amide bonds. The molecule has 0 spiro atoms. The van der Waals surface area contributed by atoms with Gasteiger partial charge in [-0.2, -0.15) is 0 Å². The Balaban J connectivity index is 1.29. The van der Waals surface area contributed by atoms with Crippen molar-refractivity contribution in [3.05, 3.63) is 76.7 Å². The molecule has 0 radical (unpaired) electrons. The minimum Gasteiger partial charge on any atom is -0.511 e. The highest BCUT2D eigenvalue weighted by Gasteiger charge is 2.71. The molecule has 2 heterocycles. The number of aliphatic hydroxyl groups is 5. The summed E-state index contributed by atoms with van der Waals surface area (Å²) in [5, 5.41) is 57.5. The van der Waals surface area contributed by atoms with Crippen molar-refractivity contribution < 1.29 is 44.6 Å². The largest absolute Gasteiger partial charge is 0.511 e. The number of nitrogen functional groups attached to an aromatic ring is 1. The van der Waals surface area contributed by atoms with Crippen molar-refractivity contribution in [1.82, 2.24) is 4.98 Å². The van der Waals surface area contributed by atoms with E-state index in [0.29, 0.717) is 30.7 Å². The average Bonchev–Trinajstić information content (AvgIpc) is 3.51. The summed E-state index contributed by atoms with van der Waals surface area (Å²) in [6, 6.07) is 8.13. The van der Waals surface area contributed by atoms with Crippen LogP contribution in [0.1, 0.15) is 71.7 Å². The van der Waals surface area contributed by atoms with Gasteiger partial charge in [-0.3, -0.25) is 9.59 Å². The third kappa shape index (κ3) is 4.18. The third-order valence-electron chi connectivity index (χ3n) is 11.1. The van der Waals surface area contributed by atoms with Crippen LogP contribution in [0.3, 0.4) is 0 Å². The Bertz CT molecular complexity index is 1630. The molecule has 1 aliphatic heterocycles. The molecule has 1 saturated heterocycles. The molecule has 1 aromatic heterocycles. The molecule has 45 heavy (non-hydrogen) atoms. The van der Waals surface area contributed by atoms with Crippen LogP contribution in [0.5, 0.6) is 5.75 Å². The summed E-state index contributed by atoms with van der Waals surface area (Å²) in [5.41, 5.74) is 3.11. The SMILES string of the molecule is CC1=CC2C(=O)c3cccc(OC4OC5(CO)CCC(C6(c7ccnc(N)c7)CCCC6)C(O)(C4O)C5O)c3C(=O)C2C(O)=C1. The number of allylic oxidation sites excluding steroid dienone is 4. The highest BCUT2D eigenvalue weighted by molar-refractivity contribution is 6.19. The van der Waals surface area contributed by atoms with Crippen molar-refractivity contribution in [2.24, 2.45) is 17.8 Å². The normalized spacial score (nSPS) is 36.9. The summed E-state index contributed by atoms with van der Waals surface area (Å²) >= 11 is 0. The van der Waals surface area contributed by atoms with Gasteiger partial charge in [0.15, 0.2) is 11.6 Å². The fourth-order valence-electron chi connectivity index (χ4n) is 8.99. The molecule has 238 valence electrons. The van der Waals surface area contributed by atoms with Crippen LogP contribution in [0.2, 0.25) is 0 Å². The lowest BCUT2D eigenvalue weighted by Gasteiger charge is -2.62. The van der Waals surface area contributed by atoms with Gasteiger partial charge in [-0.15, -0.1) is 0 Å². The number of hydrogen-bond acceptors (Lipinski definition) is 11. The zero-order valence-corrected chi connectivity index (χ0v) is 24.9. The molecule has 7 N–H and O–H groups in total. The van der Waals surface area contributed by atoms with Gasteiger partial charge in [-0.25, -0.2) is 4.98 Å². The van der Waals surface area contributed by atoms with Gasteiger partial charge in [0, 0.05) is 23.1 Å². The Labute approximate surface area is 260 Å². The number of pyridine rings is 1. The number of benzene rings is 1. The number of hydrogen-bond donors (Lipinski definition) is 6. The summed E-state index contributed by atoms with van der Waals surface area (Å²) in [5.74, 6) is -3.52. The lowest BCUT2D eigenvalue weighted by Crippen LogP contribution is -2.79. The van der Waals surface area contributed by atoms with E-state index >= 15 is 0 Å². The minimum absolute atomic E-state index is 0.0650. The highest BCUT2D eigenvalue weighted by Crippen LogP contribution is 2.59. The molecular formula is C34H38N2O9. The number of carbonyl (C=O) groups is 2. The van der Waals surface area contributed by atoms with Gasteiger partial charge < -0.3 is 40.7 Å². The van der Waals surface area contributed by atoms with Crippen LogP contribution in [-0.2, 0) is 10.2 Å². The maximum absolute atomic E-state index is 13.8. The second-order valence-corrected chi connectivity index (χ2v) is 13.4. The Kier molecular flexibility index (Phi) is 6.99. The number of aromatic nitrogens is 1. The minimum atomic E-state index is -2.20. The molecule has 11 heteroatoms. The fourth-order valence-corrected chi connectivity index (χ4v) is 8.99. The van der Waals surface area contributed by atoms with Crippen LogP contribution in [-0.4, -0.2) is 78.4 Å². The zero-order valence-electron chi connectivity index (χ0n) is 24.9. The Hall–Kier alpha value is -3.61. The number of fused-ring (bicyclic) bond motifs is 4. The van der Waals surface area contributed by atoms with E-state index in [0.717, 1.165) is 18.4 Å². The Morgan fingerprint density at radius 2 is 1.87 bits per heavy atom. The van der Waals surface area contributed by atoms with Crippen LogP contribution in [0.15, 0.2) is 60.0 Å². The van der Waals surface area contributed by atoms with Gasteiger partial charge in [0.05, 0.1) is 24.0 Å². The fraction of sp³-hybridized carbons (Fsp3) is 0.500. The summed E-state index contributed by atoms with van der Waals surface area (Å²) in [7, 11) is 0. The van der Waals surface area contributed by atoms with Crippen molar-refractivity contribution in [2.45, 2.75) is 80.6 Å². The van der Waals surface area contributed by atoms with Gasteiger partial charge in [0.25, 0.3) is 0 Å². The van der Waals surface area contributed by atoms with E-state index in [-0.39, 0.29) is 34.8 Å². The number of Topliss-reactive ketones (excluding diaryl/α,β-unsaturated/α-hetero) is 2. The molecule has 2 bridgehead atoms. The molecule has 3 fully saturated rings. The van der Waals surface area contributed by atoms with Gasteiger partial charge in [0.1, 0.15) is 40.7 Å². The summed E-state index contributed by atoms with van der Waals surface area (Å²) in [6.07, 6.45) is 3.18. The number of rotatable bonds is 5. The van der Waals surface area contributed by atoms with Crippen molar-refractivity contribution in [1.29, 1.82) is 0 Å². The summed E-state index contributed by atoms with van der Waals surface area (Å²) in [6.45, 7) is 1.07. The number of aliphatic hydroxyl groups excluding tert-OH is 4. The molecule has 1 aromatic carbocycles. The monoisotopic (exact) mass is 618 g/mol. The molecule has 4 aliphatic carbocycles. The van der Waals surface area contributed by atoms with Crippen LogP contribution in [0.25, 0.3) is 0 Å². The van der Waals surface area contributed by atoms with E-state index in [1.807, 2.05) is 6.07 Å². The quantitative estimate of drug-likeness (QED) is 0.288. The van der Waals surface area contributed by atoms with Crippen LogP contribution >= 0.6 is 0 Å². The van der Waals surface area contributed by atoms with Crippen molar-refractivity contribution in [3.63, 3.8) is 0 Å². The lowest BCUT2D eigenvalue weighted by molar-refractivity contribution is -0.381. The zero-order chi connectivity index (χ0) is 31.9. The van der Waals surface area contributed by atoms with E-state index in [9.17, 15) is 35.1 Å².